The first-order valence-corrected chi connectivity index (χ1v) is 15.3. The summed E-state index contributed by atoms with van der Waals surface area (Å²) in [5.74, 6) is -3.09. The van der Waals surface area contributed by atoms with E-state index in [0.29, 0.717) is 6.42 Å². The first-order chi connectivity index (χ1) is 19.5. The number of hydrogen-bond donors (Lipinski definition) is 5. The van der Waals surface area contributed by atoms with Crippen LogP contribution in [0.2, 0.25) is 0 Å². The Labute approximate surface area is 251 Å². The maximum Gasteiger partial charge on any atom is 0.404 e. The van der Waals surface area contributed by atoms with E-state index in [4.69, 9.17) is 15.2 Å². The number of allylic oxidation sites excluding steroid dienone is 3. The lowest BCUT2D eigenvalue weighted by Crippen LogP contribution is -2.46. The molecule has 1 saturated carbocycles. The highest BCUT2D eigenvalue weighted by Gasteiger charge is 2.52. The lowest BCUT2D eigenvalue weighted by molar-refractivity contribution is -0.176. The normalized spacial score (nSPS) is 37.0. The molecule has 0 radical (unpaired) electrons. The zero-order valence-electron chi connectivity index (χ0n) is 26.6. The van der Waals surface area contributed by atoms with Crippen LogP contribution in [0.1, 0.15) is 68.2 Å². The predicted octanol–water partition coefficient (Wildman–Crippen LogP) is 3.99. The predicted molar refractivity (Wildman–Crippen MR) is 162 cm³/mol. The lowest BCUT2D eigenvalue weighted by Gasteiger charge is -2.41. The monoisotopic (exact) mass is 593 g/mol. The van der Waals surface area contributed by atoms with Crippen molar-refractivity contribution in [2.75, 3.05) is 0 Å². The van der Waals surface area contributed by atoms with Crippen molar-refractivity contribution in [3.05, 3.63) is 37.0 Å². The Hall–Kier alpha value is -2.20. The molecule has 42 heavy (non-hydrogen) atoms. The van der Waals surface area contributed by atoms with E-state index in [-0.39, 0.29) is 47.8 Å². The first-order valence-electron chi connectivity index (χ1n) is 15.3. The SMILES string of the molecule is C=C/C=C\[C@H](C)[C@H](OC(N)=O)[C@@H](C)[C@H](O)[C@@H](C)C[C@](C)(O)[C@@H]1[C@H](C)[C@@H](O)[C@@H](C)[C@H]1/C=C/C[C@H]1OC(=O)[C@H](C)[C@@H](O)[C@H]1C. The van der Waals surface area contributed by atoms with Gasteiger partial charge in [-0.15, -0.1) is 0 Å². The summed E-state index contributed by atoms with van der Waals surface area (Å²) < 4.78 is 11.0. The molecular weight excluding hydrogens is 538 g/mol. The smallest absolute Gasteiger partial charge is 0.404 e. The summed E-state index contributed by atoms with van der Waals surface area (Å²) in [6, 6.07) is 0. The Balaban J connectivity index is 2.21. The van der Waals surface area contributed by atoms with Crippen LogP contribution in [0.5, 0.6) is 0 Å². The molecule has 6 N–H and O–H groups in total. The molecule has 0 aromatic carbocycles. The van der Waals surface area contributed by atoms with Crippen molar-refractivity contribution in [2.45, 2.75) is 104 Å². The van der Waals surface area contributed by atoms with Gasteiger partial charge in [0.25, 0.3) is 0 Å². The number of rotatable bonds is 13. The zero-order chi connectivity index (χ0) is 32.1. The minimum absolute atomic E-state index is 0.130. The molecule has 2 aliphatic rings. The maximum absolute atomic E-state index is 12.2. The fourth-order valence-corrected chi connectivity index (χ4v) is 7.50. The molecule has 1 aliphatic carbocycles. The van der Waals surface area contributed by atoms with Gasteiger partial charge in [-0.1, -0.05) is 78.5 Å². The van der Waals surface area contributed by atoms with E-state index in [1.165, 1.54) is 0 Å². The Morgan fingerprint density at radius 1 is 1.12 bits per heavy atom. The van der Waals surface area contributed by atoms with Gasteiger partial charge in [0.2, 0.25) is 0 Å². The van der Waals surface area contributed by atoms with E-state index < -0.39 is 60.0 Å². The largest absolute Gasteiger partial charge is 0.461 e. The highest BCUT2D eigenvalue weighted by molar-refractivity contribution is 5.73. The number of amides is 1. The van der Waals surface area contributed by atoms with Crippen molar-refractivity contribution in [2.24, 2.45) is 59.0 Å². The van der Waals surface area contributed by atoms with Gasteiger partial charge in [0.15, 0.2) is 0 Å². The van der Waals surface area contributed by atoms with Crippen molar-refractivity contribution in [3.8, 4) is 0 Å². The Morgan fingerprint density at radius 3 is 2.31 bits per heavy atom. The van der Waals surface area contributed by atoms with Crippen molar-refractivity contribution < 1.29 is 39.5 Å². The number of carbonyl (C=O) groups is 2. The van der Waals surface area contributed by atoms with Gasteiger partial charge >= 0.3 is 12.1 Å². The highest BCUT2D eigenvalue weighted by atomic mass is 16.6. The summed E-state index contributed by atoms with van der Waals surface area (Å²) in [5.41, 5.74) is 4.09. The second kappa shape index (κ2) is 15.0. The lowest BCUT2D eigenvalue weighted by atomic mass is 9.70. The van der Waals surface area contributed by atoms with Gasteiger partial charge in [-0.25, -0.2) is 4.79 Å². The molecule has 15 atom stereocenters. The Bertz CT molecular complexity index is 979. The van der Waals surface area contributed by atoms with Gasteiger partial charge < -0.3 is 35.6 Å². The number of aliphatic hydroxyl groups is 4. The van der Waals surface area contributed by atoms with Gasteiger partial charge in [-0.2, -0.15) is 0 Å². The molecule has 240 valence electrons. The van der Waals surface area contributed by atoms with Gasteiger partial charge in [0.1, 0.15) is 12.2 Å². The van der Waals surface area contributed by atoms with E-state index in [1.54, 1.807) is 32.9 Å². The second-order valence-electron chi connectivity index (χ2n) is 13.4. The molecule has 2 fully saturated rings. The molecule has 0 aromatic heterocycles. The summed E-state index contributed by atoms with van der Waals surface area (Å²) in [6.45, 7) is 18.4. The number of hydrogen-bond acceptors (Lipinski definition) is 8. The van der Waals surface area contributed by atoms with Crippen LogP contribution in [0, 0.1) is 53.3 Å². The van der Waals surface area contributed by atoms with Crippen LogP contribution in [-0.2, 0) is 14.3 Å². The molecule has 0 unspecified atom stereocenters. The van der Waals surface area contributed by atoms with Crippen LogP contribution in [0.15, 0.2) is 37.0 Å². The van der Waals surface area contributed by atoms with Crippen LogP contribution < -0.4 is 5.73 Å². The van der Waals surface area contributed by atoms with Crippen molar-refractivity contribution in [1.82, 2.24) is 0 Å². The number of nitrogens with two attached hydrogens (primary N) is 1. The van der Waals surface area contributed by atoms with E-state index in [9.17, 15) is 30.0 Å². The molecule has 1 amide bonds. The third-order valence-electron chi connectivity index (χ3n) is 10.1. The molecule has 0 bridgehead atoms. The first kappa shape index (κ1) is 36.0. The van der Waals surface area contributed by atoms with Crippen LogP contribution >= 0.6 is 0 Å². The van der Waals surface area contributed by atoms with Crippen LogP contribution in [0.25, 0.3) is 0 Å². The molecule has 0 aromatic rings. The minimum Gasteiger partial charge on any atom is -0.461 e. The fourth-order valence-electron chi connectivity index (χ4n) is 7.50. The van der Waals surface area contributed by atoms with Crippen molar-refractivity contribution in [1.29, 1.82) is 0 Å². The zero-order valence-corrected chi connectivity index (χ0v) is 26.6. The molecule has 9 heteroatoms. The third-order valence-corrected chi connectivity index (χ3v) is 10.1. The number of carbonyl (C=O) groups excluding carboxylic acids is 2. The average molecular weight is 594 g/mol. The highest BCUT2D eigenvalue weighted by Crippen LogP contribution is 2.49. The summed E-state index contributed by atoms with van der Waals surface area (Å²) in [4.78, 5) is 23.8. The third kappa shape index (κ3) is 8.24. The maximum atomic E-state index is 12.2. The summed E-state index contributed by atoms with van der Waals surface area (Å²) in [5, 5.41) is 44.7. The van der Waals surface area contributed by atoms with E-state index in [2.05, 4.69) is 6.58 Å². The van der Waals surface area contributed by atoms with Gasteiger partial charge in [-0.05, 0) is 49.9 Å². The molecular formula is C33H55NO8. The summed E-state index contributed by atoms with van der Waals surface area (Å²) in [7, 11) is 0. The summed E-state index contributed by atoms with van der Waals surface area (Å²) >= 11 is 0. The Morgan fingerprint density at radius 2 is 1.74 bits per heavy atom. The Kier molecular flexibility index (Phi) is 12.9. The van der Waals surface area contributed by atoms with Gasteiger partial charge in [0, 0.05) is 24.2 Å². The average Bonchev–Trinajstić information content (AvgIpc) is 3.14. The second-order valence-corrected chi connectivity index (χ2v) is 13.4. The van der Waals surface area contributed by atoms with Crippen LogP contribution in [-0.4, -0.2) is 68.6 Å². The van der Waals surface area contributed by atoms with E-state index >= 15 is 0 Å². The quantitative estimate of drug-likeness (QED) is 0.122. The van der Waals surface area contributed by atoms with Crippen molar-refractivity contribution in [3.63, 3.8) is 0 Å². The fraction of sp³-hybridized carbons (Fsp3) is 0.758. The van der Waals surface area contributed by atoms with Crippen molar-refractivity contribution >= 4 is 12.1 Å². The molecule has 0 spiro atoms. The van der Waals surface area contributed by atoms with Crippen LogP contribution in [0.3, 0.4) is 0 Å². The van der Waals surface area contributed by atoms with Gasteiger partial charge in [-0.3, -0.25) is 4.79 Å². The molecule has 1 aliphatic heterocycles. The number of esters is 1. The van der Waals surface area contributed by atoms with Crippen LogP contribution in [0.4, 0.5) is 4.79 Å². The standard InChI is InChI=1S/C33H55NO8/c1-10-11-13-17(2)30(42-32(34)39)22(7)27(35)18(3)16-33(9,40)26-21(6)28(36)19(4)24(26)14-12-15-25-20(5)29(37)23(8)31(38)41-25/h10-14,17-30,35-37,40H,1,15-16H2,2-9H3,(H2,34,39)/b13-11-,14-12+/t17-,18-,19-,20-,21-,22-,23+,24+,25+,26+,27+,28-,29-,30-,33-/m0/s1. The minimum atomic E-state index is -1.25. The molecule has 2 rings (SSSR count). The summed E-state index contributed by atoms with van der Waals surface area (Å²) in [6.07, 6.45) is 5.44. The topological polar surface area (TPSA) is 160 Å². The number of ether oxygens (including phenoxy) is 2. The number of aliphatic hydroxyl groups excluding tert-OH is 3. The molecule has 1 heterocycles. The van der Waals surface area contributed by atoms with E-state index in [0.717, 1.165) is 0 Å². The van der Waals surface area contributed by atoms with E-state index in [1.807, 2.05) is 52.8 Å². The number of cyclic esters (lactones) is 1. The number of primary amides is 1. The molecule has 1 saturated heterocycles. The van der Waals surface area contributed by atoms with Gasteiger partial charge in [0.05, 0.1) is 29.8 Å². The molecule has 9 nitrogen and oxygen atoms in total.